The number of carbonyl (C=O) groups excluding carboxylic acids is 2. The molecule has 6 heteroatoms. The summed E-state index contributed by atoms with van der Waals surface area (Å²) in [6.45, 7) is 2.67. The summed E-state index contributed by atoms with van der Waals surface area (Å²) in [7, 11) is 0. The predicted molar refractivity (Wildman–Crippen MR) is 92.8 cm³/mol. The van der Waals surface area contributed by atoms with Gasteiger partial charge in [0.15, 0.2) is 0 Å². The number of rotatable bonds is 2. The van der Waals surface area contributed by atoms with Crippen LogP contribution in [0.2, 0.25) is 0 Å². The second-order valence-corrected chi connectivity index (χ2v) is 6.61. The van der Waals surface area contributed by atoms with Crippen molar-refractivity contribution in [2.45, 2.75) is 19.3 Å². The fourth-order valence-corrected chi connectivity index (χ4v) is 3.32. The van der Waals surface area contributed by atoms with Gasteiger partial charge in [0.05, 0.1) is 5.69 Å². The van der Waals surface area contributed by atoms with Gasteiger partial charge in [-0.1, -0.05) is 6.07 Å². The van der Waals surface area contributed by atoms with Crippen molar-refractivity contribution in [3.63, 3.8) is 0 Å². The van der Waals surface area contributed by atoms with E-state index in [1.54, 1.807) is 0 Å². The Morgan fingerprint density at radius 3 is 2.67 bits per heavy atom. The molecule has 1 aromatic heterocycles. The summed E-state index contributed by atoms with van der Waals surface area (Å²) in [5, 5.41) is 4.02. The van der Waals surface area contributed by atoms with Crippen LogP contribution in [0.25, 0.3) is 10.9 Å². The normalized spacial score (nSPS) is 18.5. The van der Waals surface area contributed by atoms with Gasteiger partial charge < -0.3 is 20.1 Å². The first-order valence-corrected chi connectivity index (χ1v) is 8.63. The van der Waals surface area contributed by atoms with Gasteiger partial charge in [0.2, 0.25) is 5.91 Å². The lowest BCUT2D eigenvalue weighted by Crippen LogP contribution is -2.39. The lowest BCUT2D eigenvalue weighted by atomic mass is 10.2. The van der Waals surface area contributed by atoms with Crippen LogP contribution in [0.1, 0.15) is 19.3 Å². The largest absolute Gasteiger partial charge is 0.361 e. The van der Waals surface area contributed by atoms with Crippen LogP contribution in [0.15, 0.2) is 30.5 Å². The van der Waals surface area contributed by atoms with Crippen LogP contribution in [0.4, 0.5) is 10.5 Å². The molecule has 1 aliphatic heterocycles. The summed E-state index contributed by atoms with van der Waals surface area (Å²) >= 11 is 0. The molecular formula is C18H22N4O2. The van der Waals surface area contributed by atoms with Crippen molar-refractivity contribution in [3.8, 4) is 0 Å². The Balaban J connectivity index is 1.41. The Kier molecular flexibility index (Phi) is 3.88. The molecule has 2 heterocycles. The van der Waals surface area contributed by atoms with E-state index in [0.29, 0.717) is 19.6 Å². The van der Waals surface area contributed by atoms with Crippen molar-refractivity contribution in [2.24, 2.45) is 5.92 Å². The summed E-state index contributed by atoms with van der Waals surface area (Å²) in [6, 6.07) is 7.69. The van der Waals surface area contributed by atoms with Crippen molar-refractivity contribution in [1.82, 2.24) is 14.8 Å². The number of hydrogen-bond acceptors (Lipinski definition) is 2. The topological polar surface area (TPSA) is 68.4 Å². The molecule has 24 heavy (non-hydrogen) atoms. The summed E-state index contributed by atoms with van der Waals surface area (Å²) in [4.78, 5) is 31.7. The van der Waals surface area contributed by atoms with Gasteiger partial charge in [-0.05, 0) is 37.5 Å². The molecule has 2 aliphatic rings. The standard InChI is InChI=1S/C18H22N4O2/c23-17(13-5-6-13)21-9-2-10-22(12-11-21)18(24)20-16-4-1-3-15-14(16)7-8-19-15/h1,3-4,7-8,13,19H,2,5-6,9-12H2,(H,20,24). The van der Waals surface area contributed by atoms with Crippen LogP contribution >= 0.6 is 0 Å². The molecule has 1 aromatic carbocycles. The smallest absolute Gasteiger partial charge is 0.321 e. The quantitative estimate of drug-likeness (QED) is 0.891. The number of nitrogens with one attached hydrogen (secondary N) is 2. The van der Waals surface area contributed by atoms with Crippen LogP contribution in [0, 0.1) is 5.92 Å². The first-order chi connectivity index (χ1) is 11.7. The fourth-order valence-electron chi connectivity index (χ4n) is 3.32. The lowest BCUT2D eigenvalue weighted by Gasteiger charge is -2.22. The monoisotopic (exact) mass is 326 g/mol. The third-order valence-corrected chi connectivity index (χ3v) is 4.86. The van der Waals surface area contributed by atoms with E-state index in [1.165, 1.54) is 0 Å². The first-order valence-electron chi connectivity index (χ1n) is 8.63. The molecule has 1 saturated carbocycles. The molecule has 0 spiro atoms. The van der Waals surface area contributed by atoms with Crippen molar-refractivity contribution >= 4 is 28.5 Å². The second kappa shape index (κ2) is 6.19. The van der Waals surface area contributed by atoms with Crippen molar-refractivity contribution < 1.29 is 9.59 Å². The molecule has 0 radical (unpaired) electrons. The number of hydrogen-bond donors (Lipinski definition) is 2. The third kappa shape index (κ3) is 2.96. The van der Waals surface area contributed by atoms with Gasteiger partial charge in [-0.15, -0.1) is 0 Å². The van der Waals surface area contributed by atoms with Gasteiger partial charge in [-0.3, -0.25) is 4.79 Å². The van der Waals surface area contributed by atoms with E-state index in [2.05, 4.69) is 10.3 Å². The van der Waals surface area contributed by atoms with Crippen LogP contribution in [0.5, 0.6) is 0 Å². The summed E-state index contributed by atoms with van der Waals surface area (Å²) in [6.07, 6.45) is 4.76. The molecule has 6 nitrogen and oxygen atoms in total. The highest BCUT2D eigenvalue weighted by molar-refractivity contribution is 6.00. The molecule has 0 bridgehead atoms. The van der Waals surface area contributed by atoms with E-state index in [4.69, 9.17) is 0 Å². The van der Waals surface area contributed by atoms with Gasteiger partial charge in [-0.25, -0.2) is 4.79 Å². The Morgan fingerprint density at radius 1 is 1.04 bits per heavy atom. The molecule has 0 unspecified atom stereocenters. The highest BCUT2D eigenvalue weighted by atomic mass is 16.2. The highest BCUT2D eigenvalue weighted by Crippen LogP contribution is 2.31. The van der Waals surface area contributed by atoms with E-state index in [-0.39, 0.29) is 17.9 Å². The number of carbonyl (C=O) groups is 2. The maximum absolute atomic E-state index is 12.6. The number of anilines is 1. The van der Waals surface area contributed by atoms with E-state index < -0.39 is 0 Å². The maximum Gasteiger partial charge on any atom is 0.321 e. The molecule has 4 rings (SSSR count). The van der Waals surface area contributed by atoms with E-state index in [1.807, 2.05) is 40.3 Å². The van der Waals surface area contributed by atoms with E-state index in [9.17, 15) is 9.59 Å². The summed E-state index contributed by atoms with van der Waals surface area (Å²) in [5.74, 6) is 0.519. The van der Waals surface area contributed by atoms with Gasteiger partial charge in [0, 0.05) is 49.2 Å². The SMILES string of the molecule is O=C(Nc1cccc2[nH]ccc12)N1CCCN(C(=O)C2CC2)CC1. The molecule has 2 fully saturated rings. The van der Waals surface area contributed by atoms with E-state index in [0.717, 1.165) is 42.4 Å². The van der Waals surface area contributed by atoms with Crippen LogP contribution in [0.3, 0.4) is 0 Å². The van der Waals surface area contributed by atoms with Gasteiger partial charge in [-0.2, -0.15) is 0 Å². The zero-order chi connectivity index (χ0) is 16.5. The molecule has 3 amide bonds. The van der Waals surface area contributed by atoms with Crippen molar-refractivity contribution in [1.29, 1.82) is 0 Å². The minimum absolute atomic E-state index is 0.0931. The Morgan fingerprint density at radius 2 is 1.83 bits per heavy atom. The van der Waals surface area contributed by atoms with Gasteiger partial charge in [0.25, 0.3) is 0 Å². The number of urea groups is 1. The van der Waals surface area contributed by atoms with Crippen LogP contribution in [-0.4, -0.2) is 52.9 Å². The summed E-state index contributed by atoms with van der Waals surface area (Å²) in [5.41, 5.74) is 1.82. The lowest BCUT2D eigenvalue weighted by molar-refractivity contribution is -0.132. The molecule has 126 valence electrons. The Bertz CT molecular complexity index is 765. The number of fused-ring (bicyclic) bond motifs is 1. The summed E-state index contributed by atoms with van der Waals surface area (Å²) < 4.78 is 0. The molecule has 0 atom stereocenters. The molecule has 1 saturated heterocycles. The number of aromatic nitrogens is 1. The van der Waals surface area contributed by atoms with Gasteiger partial charge >= 0.3 is 6.03 Å². The predicted octanol–water partition coefficient (Wildman–Crippen LogP) is 2.64. The minimum Gasteiger partial charge on any atom is -0.361 e. The number of benzene rings is 1. The second-order valence-electron chi connectivity index (χ2n) is 6.61. The zero-order valence-corrected chi connectivity index (χ0v) is 13.6. The fraction of sp³-hybridized carbons (Fsp3) is 0.444. The molecule has 1 aliphatic carbocycles. The maximum atomic E-state index is 12.6. The highest BCUT2D eigenvalue weighted by Gasteiger charge is 2.34. The van der Waals surface area contributed by atoms with Crippen LogP contribution < -0.4 is 5.32 Å². The molecular weight excluding hydrogens is 304 g/mol. The number of amides is 3. The number of aromatic amines is 1. The Labute approximate surface area is 140 Å². The third-order valence-electron chi connectivity index (χ3n) is 4.86. The molecule has 2 N–H and O–H groups in total. The molecule has 2 aromatic rings. The van der Waals surface area contributed by atoms with Gasteiger partial charge in [0.1, 0.15) is 0 Å². The Hall–Kier alpha value is -2.50. The van der Waals surface area contributed by atoms with E-state index >= 15 is 0 Å². The number of H-pyrrole nitrogens is 1. The van der Waals surface area contributed by atoms with Crippen LogP contribution in [-0.2, 0) is 4.79 Å². The van der Waals surface area contributed by atoms with Crippen molar-refractivity contribution in [3.05, 3.63) is 30.5 Å². The first kappa shape index (κ1) is 15.1. The zero-order valence-electron chi connectivity index (χ0n) is 13.6. The average molecular weight is 326 g/mol. The number of nitrogens with zero attached hydrogens (tertiary/aromatic N) is 2. The minimum atomic E-state index is -0.0931. The average Bonchev–Trinajstić information content (AvgIpc) is 3.36. The van der Waals surface area contributed by atoms with Crippen molar-refractivity contribution in [2.75, 3.05) is 31.5 Å².